The first-order valence-electron chi connectivity index (χ1n) is 7.64. The lowest BCUT2D eigenvalue weighted by Crippen LogP contribution is -2.21. The maximum Gasteiger partial charge on any atom is 0.0594 e. The zero-order valence-electron chi connectivity index (χ0n) is 12.3. The molecule has 0 amide bonds. The summed E-state index contributed by atoms with van der Waals surface area (Å²) in [5, 5.41) is 3.44. The summed E-state index contributed by atoms with van der Waals surface area (Å²) < 4.78 is 5.52. The minimum atomic E-state index is 0.326. The van der Waals surface area contributed by atoms with Crippen LogP contribution in [0.1, 0.15) is 44.2 Å². The van der Waals surface area contributed by atoms with E-state index in [1.54, 1.807) is 0 Å². The van der Waals surface area contributed by atoms with Crippen LogP contribution in [0.4, 0.5) is 0 Å². The van der Waals surface area contributed by atoms with Crippen molar-refractivity contribution >= 4 is 0 Å². The van der Waals surface area contributed by atoms with Gasteiger partial charge in [0.25, 0.3) is 0 Å². The lowest BCUT2D eigenvalue weighted by molar-refractivity contribution is 0.0807. The number of nitrogens with one attached hydrogen (secondary N) is 1. The Kier molecular flexibility index (Phi) is 5.87. The highest BCUT2D eigenvalue weighted by atomic mass is 16.5. The maximum absolute atomic E-state index is 5.52. The third-order valence-corrected chi connectivity index (χ3v) is 3.80. The van der Waals surface area contributed by atoms with E-state index in [9.17, 15) is 0 Å². The molecule has 1 N–H and O–H groups in total. The predicted molar refractivity (Wildman–Crippen MR) is 80.3 cm³/mol. The van der Waals surface area contributed by atoms with Crippen molar-refractivity contribution in [3.8, 4) is 0 Å². The number of benzene rings is 1. The normalized spacial score (nSPS) is 15.7. The quantitative estimate of drug-likeness (QED) is 0.723. The fourth-order valence-corrected chi connectivity index (χ4v) is 2.50. The van der Waals surface area contributed by atoms with Crippen LogP contribution in [0.15, 0.2) is 24.3 Å². The summed E-state index contributed by atoms with van der Waals surface area (Å²) in [4.78, 5) is 0. The summed E-state index contributed by atoms with van der Waals surface area (Å²) in [5.41, 5.74) is 2.89. The van der Waals surface area contributed by atoms with Crippen LogP contribution in [0, 0.1) is 5.92 Å². The Balaban J connectivity index is 1.69. The number of ether oxygens (including phenoxy) is 1. The minimum absolute atomic E-state index is 0.326. The van der Waals surface area contributed by atoms with Gasteiger partial charge in [-0.05, 0) is 37.3 Å². The van der Waals surface area contributed by atoms with Gasteiger partial charge in [0.05, 0.1) is 12.7 Å². The molecule has 2 rings (SSSR count). The van der Waals surface area contributed by atoms with E-state index in [0.29, 0.717) is 6.10 Å². The Morgan fingerprint density at radius 2 is 2.05 bits per heavy atom. The van der Waals surface area contributed by atoms with Crippen LogP contribution in [-0.4, -0.2) is 19.3 Å². The average Bonchev–Trinajstić information content (AvgIpc) is 2.34. The van der Waals surface area contributed by atoms with Crippen LogP contribution in [0.5, 0.6) is 0 Å². The molecular weight excluding hydrogens is 234 g/mol. The molecule has 106 valence electrons. The van der Waals surface area contributed by atoms with Crippen molar-refractivity contribution in [3.05, 3.63) is 35.4 Å². The van der Waals surface area contributed by atoms with Gasteiger partial charge in [-0.25, -0.2) is 0 Å². The standard InChI is InChI=1S/C17H27NO/c1-14(2)19-10-9-18-13-17-8-4-7-16(12-17)11-15-5-3-6-15/h4,7-8,12,14-15,18H,3,5-6,9-11,13H2,1-2H3. The third-order valence-electron chi connectivity index (χ3n) is 3.80. The topological polar surface area (TPSA) is 21.3 Å². The highest BCUT2D eigenvalue weighted by Gasteiger charge is 2.17. The molecule has 0 bridgehead atoms. The Bertz CT molecular complexity index is 371. The molecule has 0 atom stereocenters. The second-order valence-corrected chi connectivity index (χ2v) is 5.92. The SMILES string of the molecule is CC(C)OCCNCc1cccc(CC2CCC2)c1. The van der Waals surface area contributed by atoms with Crippen molar-refractivity contribution in [2.24, 2.45) is 5.92 Å². The first kappa shape index (κ1) is 14.5. The molecule has 2 heteroatoms. The minimum Gasteiger partial charge on any atom is -0.377 e. The summed E-state index contributed by atoms with van der Waals surface area (Å²) in [6.45, 7) is 6.80. The number of hydrogen-bond donors (Lipinski definition) is 1. The molecule has 0 aliphatic heterocycles. The summed E-state index contributed by atoms with van der Waals surface area (Å²) in [6.07, 6.45) is 5.88. The van der Waals surface area contributed by atoms with Crippen molar-refractivity contribution in [2.45, 2.75) is 52.2 Å². The van der Waals surface area contributed by atoms with Gasteiger partial charge < -0.3 is 10.1 Å². The van der Waals surface area contributed by atoms with Crippen LogP contribution in [0.25, 0.3) is 0 Å². The highest BCUT2D eigenvalue weighted by Crippen LogP contribution is 2.29. The van der Waals surface area contributed by atoms with Gasteiger partial charge in [-0.1, -0.05) is 43.5 Å². The molecule has 2 nitrogen and oxygen atoms in total. The summed E-state index contributed by atoms with van der Waals surface area (Å²) >= 11 is 0. The van der Waals surface area contributed by atoms with Crippen LogP contribution in [0.3, 0.4) is 0 Å². The zero-order valence-corrected chi connectivity index (χ0v) is 12.3. The smallest absolute Gasteiger partial charge is 0.0594 e. The maximum atomic E-state index is 5.52. The molecule has 1 aromatic rings. The Labute approximate surface area is 117 Å². The van der Waals surface area contributed by atoms with Crippen molar-refractivity contribution in [3.63, 3.8) is 0 Å². The molecule has 1 aliphatic carbocycles. The molecule has 0 heterocycles. The van der Waals surface area contributed by atoms with Gasteiger partial charge in [0.15, 0.2) is 0 Å². The fraction of sp³-hybridized carbons (Fsp3) is 0.647. The second kappa shape index (κ2) is 7.66. The molecule has 1 aromatic carbocycles. The van der Waals surface area contributed by atoms with Gasteiger partial charge in [0, 0.05) is 13.1 Å². The molecular formula is C17H27NO. The molecule has 0 saturated heterocycles. The van der Waals surface area contributed by atoms with E-state index < -0.39 is 0 Å². The van der Waals surface area contributed by atoms with Crippen molar-refractivity contribution in [2.75, 3.05) is 13.2 Å². The van der Waals surface area contributed by atoms with E-state index in [0.717, 1.165) is 25.6 Å². The lowest BCUT2D eigenvalue weighted by atomic mass is 9.81. The monoisotopic (exact) mass is 261 g/mol. The van der Waals surface area contributed by atoms with Crippen LogP contribution in [0.2, 0.25) is 0 Å². The van der Waals surface area contributed by atoms with E-state index in [4.69, 9.17) is 4.74 Å². The van der Waals surface area contributed by atoms with Gasteiger partial charge in [0.1, 0.15) is 0 Å². The van der Waals surface area contributed by atoms with Gasteiger partial charge in [-0.15, -0.1) is 0 Å². The number of rotatable bonds is 8. The van der Waals surface area contributed by atoms with Gasteiger partial charge in [-0.3, -0.25) is 0 Å². The van der Waals surface area contributed by atoms with E-state index in [1.807, 2.05) is 0 Å². The lowest BCUT2D eigenvalue weighted by Gasteiger charge is -2.25. The van der Waals surface area contributed by atoms with Gasteiger partial charge in [0.2, 0.25) is 0 Å². The van der Waals surface area contributed by atoms with Crippen LogP contribution < -0.4 is 5.32 Å². The van der Waals surface area contributed by atoms with Crippen molar-refractivity contribution in [1.29, 1.82) is 0 Å². The van der Waals surface area contributed by atoms with Gasteiger partial charge in [-0.2, -0.15) is 0 Å². The molecule has 1 fully saturated rings. The Morgan fingerprint density at radius 1 is 1.26 bits per heavy atom. The van der Waals surface area contributed by atoms with Crippen LogP contribution in [-0.2, 0) is 17.7 Å². The molecule has 0 unspecified atom stereocenters. The molecule has 1 aliphatic rings. The Hall–Kier alpha value is -0.860. The summed E-state index contributed by atoms with van der Waals surface area (Å²) in [6, 6.07) is 9.02. The van der Waals surface area contributed by atoms with E-state index in [1.165, 1.54) is 36.8 Å². The predicted octanol–water partition coefficient (Wildman–Crippen LogP) is 3.54. The summed E-state index contributed by atoms with van der Waals surface area (Å²) in [5.74, 6) is 0.947. The molecule has 0 radical (unpaired) electrons. The van der Waals surface area contributed by atoms with Crippen molar-refractivity contribution in [1.82, 2.24) is 5.32 Å². The Morgan fingerprint density at radius 3 is 2.74 bits per heavy atom. The third kappa shape index (κ3) is 5.33. The second-order valence-electron chi connectivity index (χ2n) is 5.92. The first-order chi connectivity index (χ1) is 9.24. The van der Waals surface area contributed by atoms with Gasteiger partial charge >= 0.3 is 0 Å². The van der Waals surface area contributed by atoms with Crippen molar-refractivity contribution < 1.29 is 4.74 Å². The molecule has 0 aromatic heterocycles. The van der Waals surface area contributed by atoms with E-state index in [2.05, 4.69) is 43.4 Å². The summed E-state index contributed by atoms with van der Waals surface area (Å²) in [7, 11) is 0. The van der Waals surface area contributed by atoms with Crippen LogP contribution >= 0.6 is 0 Å². The zero-order chi connectivity index (χ0) is 13.5. The molecule has 1 saturated carbocycles. The molecule has 19 heavy (non-hydrogen) atoms. The van der Waals surface area contributed by atoms with E-state index in [-0.39, 0.29) is 0 Å². The largest absolute Gasteiger partial charge is 0.377 e. The molecule has 0 spiro atoms. The number of hydrogen-bond acceptors (Lipinski definition) is 2. The highest BCUT2D eigenvalue weighted by molar-refractivity contribution is 5.24. The van der Waals surface area contributed by atoms with E-state index >= 15 is 0 Å². The first-order valence-corrected chi connectivity index (χ1v) is 7.64. The fourth-order valence-electron chi connectivity index (χ4n) is 2.50. The average molecular weight is 261 g/mol.